The standard InChI is InChI=1S/C17H19N7O2/c1-23-8-7-19-10-14(23)16-20-17(26-22-16)12-9-13(15(18)25)24(21-12)11-5-3-2-4-6-11/h2-6,9,14,19H,7-8,10H2,1H3,(H2,18,25). The van der Waals surface area contributed by atoms with E-state index in [1.165, 1.54) is 4.68 Å². The van der Waals surface area contributed by atoms with E-state index < -0.39 is 5.91 Å². The second-order valence-corrected chi connectivity index (χ2v) is 6.18. The highest BCUT2D eigenvalue weighted by atomic mass is 16.5. The van der Waals surface area contributed by atoms with Crippen molar-refractivity contribution >= 4 is 5.91 Å². The zero-order valence-electron chi connectivity index (χ0n) is 14.3. The minimum atomic E-state index is -0.580. The van der Waals surface area contributed by atoms with Gasteiger partial charge in [-0.05, 0) is 19.2 Å². The van der Waals surface area contributed by atoms with Crippen LogP contribution < -0.4 is 11.1 Å². The van der Waals surface area contributed by atoms with Gasteiger partial charge in [-0.1, -0.05) is 23.4 Å². The van der Waals surface area contributed by atoms with E-state index in [1.807, 2.05) is 37.4 Å². The molecule has 1 fully saturated rings. The number of nitrogens with one attached hydrogen (secondary N) is 1. The number of benzene rings is 1. The Hall–Kier alpha value is -3.04. The summed E-state index contributed by atoms with van der Waals surface area (Å²) in [7, 11) is 2.02. The molecular formula is C17H19N7O2. The molecule has 0 aliphatic carbocycles. The van der Waals surface area contributed by atoms with Gasteiger partial charge >= 0.3 is 0 Å². The van der Waals surface area contributed by atoms with Crippen LogP contribution in [0.1, 0.15) is 22.4 Å². The molecule has 3 aromatic rings. The van der Waals surface area contributed by atoms with Gasteiger partial charge in [0.1, 0.15) is 5.69 Å². The van der Waals surface area contributed by atoms with Crippen LogP contribution in [0, 0.1) is 0 Å². The molecule has 1 unspecified atom stereocenters. The van der Waals surface area contributed by atoms with Crippen LogP contribution in [0.3, 0.4) is 0 Å². The minimum Gasteiger partial charge on any atom is -0.364 e. The fraction of sp³-hybridized carbons (Fsp3) is 0.294. The van der Waals surface area contributed by atoms with Gasteiger partial charge in [0.2, 0.25) is 0 Å². The number of nitrogens with two attached hydrogens (primary N) is 1. The number of piperazine rings is 1. The van der Waals surface area contributed by atoms with Crippen molar-refractivity contribution in [2.45, 2.75) is 6.04 Å². The highest BCUT2D eigenvalue weighted by Gasteiger charge is 2.26. The molecule has 3 N–H and O–H groups in total. The average molecular weight is 353 g/mol. The van der Waals surface area contributed by atoms with E-state index in [-0.39, 0.29) is 17.6 Å². The monoisotopic (exact) mass is 353 g/mol. The Morgan fingerprint density at radius 1 is 1.35 bits per heavy atom. The molecule has 2 aromatic heterocycles. The Kier molecular flexibility index (Phi) is 4.23. The molecule has 9 nitrogen and oxygen atoms in total. The Morgan fingerprint density at radius 2 is 2.15 bits per heavy atom. The van der Waals surface area contributed by atoms with Gasteiger partial charge in [-0.25, -0.2) is 4.68 Å². The van der Waals surface area contributed by atoms with E-state index in [4.69, 9.17) is 10.3 Å². The Morgan fingerprint density at radius 3 is 2.88 bits per heavy atom. The van der Waals surface area contributed by atoms with E-state index in [2.05, 4.69) is 25.5 Å². The zero-order chi connectivity index (χ0) is 18.1. The lowest BCUT2D eigenvalue weighted by Gasteiger charge is -2.30. The predicted octanol–water partition coefficient (Wildman–Crippen LogP) is 0.597. The largest absolute Gasteiger partial charge is 0.364 e. The summed E-state index contributed by atoms with van der Waals surface area (Å²) >= 11 is 0. The number of nitrogens with zero attached hydrogens (tertiary/aromatic N) is 5. The van der Waals surface area contributed by atoms with E-state index >= 15 is 0 Å². The maximum atomic E-state index is 11.8. The van der Waals surface area contributed by atoms with Crippen LogP contribution in [0.5, 0.6) is 0 Å². The van der Waals surface area contributed by atoms with E-state index in [9.17, 15) is 4.79 Å². The summed E-state index contributed by atoms with van der Waals surface area (Å²) < 4.78 is 6.87. The third-order valence-corrected chi connectivity index (χ3v) is 4.43. The van der Waals surface area contributed by atoms with Crippen molar-refractivity contribution in [2.75, 3.05) is 26.7 Å². The predicted molar refractivity (Wildman–Crippen MR) is 93.6 cm³/mol. The van der Waals surface area contributed by atoms with Gasteiger partial charge in [0.15, 0.2) is 11.5 Å². The zero-order valence-corrected chi connectivity index (χ0v) is 14.3. The molecule has 26 heavy (non-hydrogen) atoms. The van der Waals surface area contributed by atoms with Gasteiger partial charge in [-0.15, -0.1) is 0 Å². The molecule has 4 rings (SSSR count). The van der Waals surface area contributed by atoms with E-state index in [0.29, 0.717) is 11.5 Å². The quantitative estimate of drug-likeness (QED) is 0.705. The van der Waals surface area contributed by atoms with Crippen molar-refractivity contribution < 1.29 is 9.32 Å². The average Bonchev–Trinajstić information content (AvgIpc) is 3.30. The highest BCUT2D eigenvalue weighted by molar-refractivity contribution is 5.92. The number of rotatable bonds is 4. The Balaban J connectivity index is 1.70. The maximum absolute atomic E-state index is 11.8. The first-order valence-corrected chi connectivity index (χ1v) is 8.33. The van der Waals surface area contributed by atoms with Crippen LogP contribution in [0.4, 0.5) is 0 Å². The third kappa shape index (κ3) is 2.98. The summed E-state index contributed by atoms with van der Waals surface area (Å²) in [5.74, 6) is 0.268. The van der Waals surface area contributed by atoms with Crippen molar-refractivity contribution in [2.24, 2.45) is 5.73 Å². The first-order chi connectivity index (χ1) is 12.6. The lowest BCUT2D eigenvalue weighted by atomic mass is 10.2. The van der Waals surface area contributed by atoms with Crippen molar-refractivity contribution in [3.05, 3.63) is 47.9 Å². The molecule has 1 aliphatic rings. The number of primary amides is 1. The summed E-state index contributed by atoms with van der Waals surface area (Å²) in [6.07, 6.45) is 0. The third-order valence-electron chi connectivity index (χ3n) is 4.43. The van der Waals surface area contributed by atoms with Crippen LogP contribution in [0.15, 0.2) is 40.9 Å². The van der Waals surface area contributed by atoms with Crippen molar-refractivity contribution in [1.82, 2.24) is 30.1 Å². The van der Waals surface area contributed by atoms with Gasteiger partial charge in [-0.3, -0.25) is 9.69 Å². The first-order valence-electron chi connectivity index (χ1n) is 8.33. The van der Waals surface area contributed by atoms with Gasteiger partial charge < -0.3 is 15.6 Å². The number of amides is 1. The van der Waals surface area contributed by atoms with Gasteiger partial charge in [0.25, 0.3) is 11.8 Å². The number of hydrogen-bond acceptors (Lipinski definition) is 7. The van der Waals surface area contributed by atoms with Crippen LogP contribution in [0.25, 0.3) is 17.3 Å². The lowest BCUT2D eigenvalue weighted by molar-refractivity contribution is 0.0993. The molecule has 0 bridgehead atoms. The molecule has 1 atom stereocenters. The van der Waals surface area contributed by atoms with Crippen LogP contribution >= 0.6 is 0 Å². The second-order valence-electron chi connectivity index (χ2n) is 6.18. The SMILES string of the molecule is CN1CCNCC1c1noc(-c2cc(C(N)=O)n(-c3ccccc3)n2)n1. The van der Waals surface area contributed by atoms with E-state index in [0.717, 1.165) is 25.3 Å². The van der Waals surface area contributed by atoms with Crippen LogP contribution in [-0.4, -0.2) is 57.4 Å². The molecule has 0 saturated carbocycles. The normalized spacial score (nSPS) is 18.1. The van der Waals surface area contributed by atoms with E-state index in [1.54, 1.807) is 6.07 Å². The van der Waals surface area contributed by atoms with Gasteiger partial charge in [-0.2, -0.15) is 10.1 Å². The first kappa shape index (κ1) is 16.4. The summed E-state index contributed by atoms with van der Waals surface area (Å²) in [5.41, 5.74) is 6.89. The number of carbonyl (C=O) groups is 1. The number of aromatic nitrogens is 4. The summed E-state index contributed by atoms with van der Waals surface area (Å²) in [4.78, 5) is 18.5. The topological polar surface area (TPSA) is 115 Å². The molecular weight excluding hydrogens is 334 g/mol. The molecule has 3 heterocycles. The lowest BCUT2D eigenvalue weighted by Crippen LogP contribution is -2.44. The Labute approximate surface area is 149 Å². The molecule has 134 valence electrons. The van der Waals surface area contributed by atoms with Crippen molar-refractivity contribution in [3.8, 4) is 17.3 Å². The van der Waals surface area contributed by atoms with Crippen LogP contribution in [0.2, 0.25) is 0 Å². The van der Waals surface area contributed by atoms with Gasteiger partial charge in [0.05, 0.1) is 11.7 Å². The second kappa shape index (κ2) is 6.70. The summed E-state index contributed by atoms with van der Waals surface area (Å²) in [6.45, 7) is 2.59. The summed E-state index contributed by atoms with van der Waals surface area (Å²) in [5, 5.41) is 11.8. The molecule has 1 saturated heterocycles. The molecule has 0 radical (unpaired) electrons. The van der Waals surface area contributed by atoms with Crippen molar-refractivity contribution in [3.63, 3.8) is 0 Å². The number of carbonyl (C=O) groups excluding carboxylic acids is 1. The maximum Gasteiger partial charge on any atom is 0.278 e. The molecule has 0 spiro atoms. The molecule has 9 heteroatoms. The van der Waals surface area contributed by atoms with Crippen molar-refractivity contribution in [1.29, 1.82) is 0 Å². The fourth-order valence-corrected chi connectivity index (χ4v) is 3.00. The highest BCUT2D eigenvalue weighted by Crippen LogP contribution is 2.24. The molecule has 1 aromatic carbocycles. The van der Waals surface area contributed by atoms with Crippen LogP contribution in [-0.2, 0) is 0 Å². The minimum absolute atomic E-state index is 0.0352. The number of likely N-dealkylation sites (N-methyl/N-ethyl adjacent to an activating group) is 1. The fourth-order valence-electron chi connectivity index (χ4n) is 3.00. The Bertz CT molecular complexity index is 918. The molecule has 1 aliphatic heterocycles. The summed E-state index contributed by atoms with van der Waals surface area (Å²) in [6, 6.07) is 10.9. The van der Waals surface area contributed by atoms with Gasteiger partial charge in [0, 0.05) is 25.7 Å². The number of para-hydroxylation sites is 1. The smallest absolute Gasteiger partial charge is 0.278 e. The molecule has 1 amide bonds. The number of hydrogen-bond donors (Lipinski definition) is 2.